The Bertz CT molecular complexity index is 3390. The Morgan fingerprint density at radius 1 is 0.396 bits per heavy atom. The average Bonchev–Trinajstić information content (AvgIpc) is 3.93. The van der Waals surface area contributed by atoms with Gasteiger partial charge in [-0.1, -0.05) is 133 Å². The molecule has 0 amide bonds. The zero-order valence-corrected chi connectivity index (χ0v) is 29.2. The number of rotatable bonds is 3. The molecule has 0 fully saturated rings. The summed E-state index contributed by atoms with van der Waals surface area (Å²) >= 11 is 1.82. The van der Waals surface area contributed by atoms with Gasteiger partial charge in [0.15, 0.2) is 5.58 Å². The molecule has 0 aliphatic heterocycles. The molecule has 12 aromatic rings. The lowest BCUT2D eigenvalue weighted by atomic mass is 9.85. The van der Waals surface area contributed by atoms with Crippen molar-refractivity contribution in [3.8, 4) is 33.4 Å². The van der Waals surface area contributed by atoms with Crippen LogP contribution in [0.2, 0.25) is 0 Å². The number of fused-ring (bicyclic) bond motifs is 12. The summed E-state index contributed by atoms with van der Waals surface area (Å²) in [5.74, 6) is 0. The van der Waals surface area contributed by atoms with E-state index in [1.807, 2.05) is 23.7 Å². The molecule has 9 aromatic carbocycles. The van der Waals surface area contributed by atoms with Gasteiger partial charge in [-0.3, -0.25) is 0 Å². The fourth-order valence-electron chi connectivity index (χ4n) is 8.77. The van der Waals surface area contributed by atoms with Gasteiger partial charge in [0.25, 0.3) is 0 Å². The van der Waals surface area contributed by atoms with Crippen LogP contribution < -0.4 is 0 Å². The molecule has 0 bridgehead atoms. The molecule has 0 unspecified atom stereocenters. The standard InChI is InChI=1S/C50H28O2S/c1-2-10-29(11-3-1)42-28-51-49-38(42)23-24-39-33-22-20-32(27-45(33)53-50(39)49)47-36-14-6-4-12-34(36)46(35-13-5-7-15-37(35)47)31-19-18-30-21-25-44-48(41(30)26-31)40-16-8-9-17-43(40)52-44/h1-28H. The van der Waals surface area contributed by atoms with Gasteiger partial charge in [0.2, 0.25) is 0 Å². The van der Waals surface area contributed by atoms with E-state index >= 15 is 0 Å². The van der Waals surface area contributed by atoms with Gasteiger partial charge in [-0.05, 0) is 90.5 Å². The lowest BCUT2D eigenvalue weighted by Gasteiger charge is -2.18. The van der Waals surface area contributed by atoms with Gasteiger partial charge in [-0.25, -0.2) is 0 Å². The van der Waals surface area contributed by atoms with Gasteiger partial charge in [-0.15, -0.1) is 11.3 Å². The fraction of sp³-hybridized carbons (Fsp3) is 0. The zero-order chi connectivity index (χ0) is 34.6. The first-order valence-electron chi connectivity index (χ1n) is 18.0. The first-order chi connectivity index (χ1) is 26.3. The third kappa shape index (κ3) is 4.14. The van der Waals surface area contributed by atoms with Gasteiger partial charge >= 0.3 is 0 Å². The highest BCUT2D eigenvalue weighted by Gasteiger charge is 2.20. The van der Waals surface area contributed by atoms with E-state index in [2.05, 4.69) is 158 Å². The van der Waals surface area contributed by atoms with E-state index < -0.39 is 0 Å². The quantitative estimate of drug-likeness (QED) is 0.172. The summed E-state index contributed by atoms with van der Waals surface area (Å²) in [6.07, 6.45) is 1.91. The average molecular weight is 693 g/mol. The van der Waals surface area contributed by atoms with Gasteiger partial charge in [0.05, 0.1) is 11.0 Å². The molecule has 246 valence electrons. The van der Waals surface area contributed by atoms with Crippen molar-refractivity contribution >= 4 is 96.7 Å². The molecule has 0 saturated carbocycles. The molecule has 0 spiro atoms. The number of hydrogen-bond donors (Lipinski definition) is 0. The van der Waals surface area contributed by atoms with Crippen LogP contribution in [0.1, 0.15) is 0 Å². The van der Waals surface area contributed by atoms with E-state index in [1.54, 1.807) is 0 Å². The van der Waals surface area contributed by atoms with Crippen LogP contribution in [-0.2, 0) is 0 Å². The summed E-state index contributed by atoms with van der Waals surface area (Å²) in [4.78, 5) is 0. The van der Waals surface area contributed by atoms with Crippen molar-refractivity contribution in [3.63, 3.8) is 0 Å². The van der Waals surface area contributed by atoms with E-state index in [9.17, 15) is 0 Å². The molecule has 3 heteroatoms. The molecule has 0 saturated heterocycles. The lowest BCUT2D eigenvalue weighted by Crippen LogP contribution is -1.91. The first-order valence-corrected chi connectivity index (χ1v) is 18.8. The third-order valence-electron chi connectivity index (χ3n) is 11.1. The molecule has 3 aromatic heterocycles. The second kappa shape index (κ2) is 10.9. The Morgan fingerprint density at radius 2 is 1.00 bits per heavy atom. The van der Waals surface area contributed by atoms with Crippen LogP contribution in [0.15, 0.2) is 179 Å². The van der Waals surface area contributed by atoms with Crippen LogP contribution in [0.3, 0.4) is 0 Å². The molecular formula is C50H28O2S. The van der Waals surface area contributed by atoms with Gasteiger partial charge in [-0.2, -0.15) is 0 Å². The van der Waals surface area contributed by atoms with Crippen LogP contribution >= 0.6 is 11.3 Å². The molecule has 12 rings (SSSR count). The van der Waals surface area contributed by atoms with Crippen LogP contribution in [0.25, 0.3) is 119 Å². The monoisotopic (exact) mass is 692 g/mol. The van der Waals surface area contributed by atoms with Crippen LogP contribution in [0, 0.1) is 0 Å². The summed E-state index contributed by atoms with van der Waals surface area (Å²) in [5, 5.41) is 13.4. The smallest absolute Gasteiger partial charge is 0.152 e. The molecule has 2 nitrogen and oxygen atoms in total. The highest BCUT2D eigenvalue weighted by atomic mass is 32.1. The summed E-state index contributed by atoms with van der Waals surface area (Å²) in [7, 11) is 0. The minimum atomic E-state index is 0.918. The molecule has 0 atom stereocenters. The Morgan fingerprint density at radius 3 is 1.75 bits per heavy atom. The molecule has 0 aliphatic rings. The molecule has 0 aliphatic carbocycles. The minimum Gasteiger partial charge on any atom is -0.462 e. The van der Waals surface area contributed by atoms with Crippen molar-refractivity contribution in [2.75, 3.05) is 0 Å². The number of para-hydroxylation sites is 1. The highest BCUT2D eigenvalue weighted by molar-refractivity contribution is 7.26. The Balaban J connectivity index is 1.09. The van der Waals surface area contributed by atoms with E-state index in [0.29, 0.717) is 0 Å². The van der Waals surface area contributed by atoms with Crippen molar-refractivity contribution in [1.29, 1.82) is 0 Å². The van der Waals surface area contributed by atoms with Crippen LogP contribution in [0.4, 0.5) is 0 Å². The third-order valence-corrected chi connectivity index (χ3v) is 12.3. The van der Waals surface area contributed by atoms with Crippen molar-refractivity contribution in [2.45, 2.75) is 0 Å². The summed E-state index contributed by atoms with van der Waals surface area (Å²) in [5.41, 5.74) is 10.0. The maximum Gasteiger partial charge on any atom is 0.152 e. The van der Waals surface area contributed by atoms with Crippen LogP contribution in [-0.4, -0.2) is 0 Å². The number of furan rings is 2. The van der Waals surface area contributed by atoms with E-state index in [-0.39, 0.29) is 0 Å². The summed E-state index contributed by atoms with van der Waals surface area (Å²) in [6.45, 7) is 0. The Hall–Kier alpha value is -6.68. The summed E-state index contributed by atoms with van der Waals surface area (Å²) in [6, 6.07) is 59.3. The topological polar surface area (TPSA) is 26.3 Å². The largest absolute Gasteiger partial charge is 0.462 e. The molecule has 53 heavy (non-hydrogen) atoms. The van der Waals surface area contributed by atoms with Crippen molar-refractivity contribution in [3.05, 3.63) is 170 Å². The van der Waals surface area contributed by atoms with Gasteiger partial charge < -0.3 is 8.83 Å². The Labute approximate surface area is 307 Å². The lowest BCUT2D eigenvalue weighted by molar-refractivity contribution is 0.621. The molecule has 3 heterocycles. The van der Waals surface area contributed by atoms with E-state index in [1.165, 1.54) is 85.7 Å². The number of thiophene rings is 1. The summed E-state index contributed by atoms with van der Waals surface area (Å²) < 4.78 is 15.0. The van der Waals surface area contributed by atoms with Gasteiger partial charge in [0.1, 0.15) is 11.2 Å². The molecular weight excluding hydrogens is 665 g/mol. The highest BCUT2D eigenvalue weighted by Crippen LogP contribution is 2.47. The maximum atomic E-state index is 6.30. The number of hydrogen-bond acceptors (Lipinski definition) is 3. The van der Waals surface area contributed by atoms with Gasteiger partial charge in [0, 0.05) is 37.2 Å². The molecule has 0 N–H and O–H groups in total. The first kappa shape index (κ1) is 29.0. The van der Waals surface area contributed by atoms with Crippen LogP contribution in [0.5, 0.6) is 0 Å². The second-order valence-electron chi connectivity index (χ2n) is 14.0. The SMILES string of the molecule is c1ccc(-c2coc3c2ccc2c4ccc(-c5c6ccccc6c(-c6ccc7ccc8oc9ccccc9c8c7c6)c6ccccc56)cc4sc23)cc1. The minimum absolute atomic E-state index is 0.918. The van der Waals surface area contributed by atoms with Crippen molar-refractivity contribution in [2.24, 2.45) is 0 Å². The Kier molecular flexibility index (Phi) is 5.96. The fourth-order valence-corrected chi connectivity index (χ4v) is 10.0. The normalized spacial score (nSPS) is 12.2. The maximum absolute atomic E-state index is 6.30. The van der Waals surface area contributed by atoms with E-state index in [4.69, 9.17) is 8.83 Å². The van der Waals surface area contributed by atoms with Crippen molar-refractivity contribution in [1.82, 2.24) is 0 Å². The van der Waals surface area contributed by atoms with Crippen molar-refractivity contribution < 1.29 is 8.83 Å². The molecule has 0 radical (unpaired) electrons. The zero-order valence-electron chi connectivity index (χ0n) is 28.4. The predicted octanol–water partition coefficient (Wildman–Crippen LogP) is 15.2. The predicted molar refractivity (Wildman–Crippen MR) is 225 cm³/mol. The number of benzene rings is 9. The van der Waals surface area contributed by atoms with E-state index in [0.717, 1.165) is 33.1 Å². The second-order valence-corrected chi connectivity index (χ2v) is 15.0.